The molecule has 1 aliphatic carbocycles. The number of ketones is 1. The van der Waals surface area contributed by atoms with Gasteiger partial charge in [0.2, 0.25) is 17.6 Å². The maximum atomic E-state index is 14.7. The van der Waals surface area contributed by atoms with Crippen LogP contribution in [0.4, 0.5) is 0 Å². The number of nitrogens with one attached hydrogen (secondary N) is 2. The molecule has 274 valence electrons. The first-order chi connectivity index (χ1) is 24.0. The third-order valence-corrected chi connectivity index (χ3v) is 11.9. The van der Waals surface area contributed by atoms with Gasteiger partial charge < -0.3 is 26.4 Å². The van der Waals surface area contributed by atoms with E-state index in [9.17, 15) is 42.8 Å². The number of hydrogen-bond donors (Lipinski definition) is 4. The third-order valence-electron chi connectivity index (χ3n) is 10.3. The molecular formula is C34H44N8O8S. The van der Waals surface area contributed by atoms with Crippen LogP contribution in [0.5, 0.6) is 0 Å². The van der Waals surface area contributed by atoms with Gasteiger partial charge in [-0.1, -0.05) is 37.3 Å². The quantitative estimate of drug-likeness (QED) is 0.231. The molecule has 4 amide bonds. The van der Waals surface area contributed by atoms with Gasteiger partial charge >= 0.3 is 0 Å². The van der Waals surface area contributed by atoms with Gasteiger partial charge in [0.25, 0.3) is 11.8 Å². The number of nitrogens with zero attached hydrogens (tertiary/aromatic N) is 5. The normalized spacial score (nSPS) is 22.4. The summed E-state index contributed by atoms with van der Waals surface area (Å²) in [6.07, 6.45) is 5.64. The molecule has 17 heteroatoms. The van der Waals surface area contributed by atoms with Crippen molar-refractivity contribution in [3.05, 3.63) is 47.3 Å². The number of aliphatic hydroxyl groups is 1. The Morgan fingerprint density at radius 2 is 1.75 bits per heavy atom. The minimum atomic E-state index is -3.53. The summed E-state index contributed by atoms with van der Waals surface area (Å²) in [5.41, 5.74) is 3.00. The average Bonchev–Trinajstić information content (AvgIpc) is 3.77. The average molecular weight is 725 g/mol. The van der Waals surface area contributed by atoms with Crippen LogP contribution in [0.25, 0.3) is 0 Å². The van der Waals surface area contributed by atoms with E-state index in [0.29, 0.717) is 17.7 Å². The maximum absolute atomic E-state index is 14.7. The Morgan fingerprint density at radius 3 is 2.33 bits per heavy atom. The molecule has 16 nitrogen and oxygen atoms in total. The topological polar surface area (TPSA) is 248 Å². The first-order valence-corrected chi connectivity index (χ1v) is 19.0. The van der Waals surface area contributed by atoms with E-state index in [2.05, 4.69) is 20.9 Å². The molecule has 2 saturated heterocycles. The van der Waals surface area contributed by atoms with Crippen LogP contribution in [0.3, 0.4) is 0 Å². The Hall–Kier alpha value is -4.69. The number of primary amides is 1. The van der Waals surface area contributed by atoms with E-state index in [4.69, 9.17) is 5.73 Å². The van der Waals surface area contributed by atoms with Crippen LogP contribution in [-0.4, -0.2) is 98.5 Å². The second kappa shape index (κ2) is 14.9. The van der Waals surface area contributed by atoms with Crippen molar-refractivity contribution in [2.75, 3.05) is 18.1 Å². The number of aromatic nitrogens is 3. The van der Waals surface area contributed by atoms with Crippen LogP contribution in [-0.2, 0) is 34.6 Å². The largest absolute Gasteiger partial charge is 0.384 e. The molecule has 3 aliphatic rings. The summed E-state index contributed by atoms with van der Waals surface area (Å²) in [6.45, 7) is 3.00. The van der Waals surface area contributed by atoms with Gasteiger partial charge in [-0.25, -0.2) is 13.1 Å². The van der Waals surface area contributed by atoms with Gasteiger partial charge in [0.15, 0.2) is 9.84 Å². The Balaban J connectivity index is 1.49. The maximum Gasteiger partial charge on any atom is 0.287 e. The predicted molar refractivity (Wildman–Crippen MR) is 181 cm³/mol. The van der Waals surface area contributed by atoms with Crippen molar-refractivity contribution in [1.29, 1.82) is 5.26 Å². The summed E-state index contributed by atoms with van der Waals surface area (Å²) in [7, 11) is -3.53. The fourth-order valence-corrected chi connectivity index (χ4v) is 8.92. The molecule has 5 rings (SSSR count). The Morgan fingerprint density at radius 1 is 1.10 bits per heavy atom. The van der Waals surface area contributed by atoms with E-state index in [1.54, 1.807) is 13.8 Å². The fourth-order valence-electron chi connectivity index (χ4n) is 7.40. The lowest BCUT2D eigenvalue weighted by Crippen LogP contribution is -2.64. The second-order valence-electron chi connectivity index (χ2n) is 14.4. The lowest BCUT2D eigenvalue weighted by atomic mass is 9.84. The zero-order valence-corrected chi connectivity index (χ0v) is 29.5. The molecule has 51 heavy (non-hydrogen) atoms. The lowest BCUT2D eigenvalue weighted by molar-refractivity contribution is -0.145. The van der Waals surface area contributed by atoms with Gasteiger partial charge in [-0.2, -0.15) is 5.26 Å². The number of Topliss-reactive ketones (excluding diaryl/α,β-unsaturated/α-hetero) is 1. The highest BCUT2D eigenvalue weighted by Gasteiger charge is 2.50. The lowest BCUT2D eigenvalue weighted by Gasteiger charge is -2.37. The van der Waals surface area contributed by atoms with E-state index >= 15 is 0 Å². The number of carbonyl (C=O) groups is 5. The molecule has 2 aliphatic heterocycles. The zero-order valence-electron chi connectivity index (χ0n) is 28.7. The van der Waals surface area contributed by atoms with Gasteiger partial charge in [-0.3, -0.25) is 24.0 Å². The van der Waals surface area contributed by atoms with Crippen molar-refractivity contribution in [3.8, 4) is 6.07 Å². The predicted octanol–water partition coefficient (Wildman–Crippen LogP) is 0.406. The summed E-state index contributed by atoms with van der Waals surface area (Å²) in [6, 6.07) is 4.98. The van der Waals surface area contributed by atoms with Gasteiger partial charge in [-0.15, -0.1) is 5.10 Å². The van der Waals surface area contributed by atoms with Crippen LogP contribution in [0.1, 0.15) is 99.3 Å². The van der Waals surface area contributed by atoms with Crippen LogP contribution in [0.2, 0.25) is 0 Å². The molecule has 1 aromatic heterocycles. The smallest absolute Gasteiger partial charge is 0.287 e. The third kappa shape index (κ3) is 8.45. The van der Waals surface area contributed by atoms with Crippen molar-refractivity contribution >= 4 is 39.2 Å². The highest BCUT2D eigenvalue weighted by Crippen LogP contribution is 2.34. The summed E-state index contributed by atoms with van der Waals surface area (Å²) in [5.74, 6) is -5.16. The van der Waals surface area contributed by atoms with Crippen LogP contribution < -0.4 is 16.4 Å². The number of benzene rings is 1. The van der Waals surface area contributed by atoms with E-state index in [1.165, 1.54) is 40.0 Å². The monoisotopic (exact) mass is 724 g/mol. The number of sulfone groups is 1. The zero-order chi connectivity index (χ0) is 37.1. The fraction of sp³-hybridized carbons (Fsp3) is 0.588. The molecule has 5 N–H and O–H groups in total. The van der Waals surface area contributed by atoms with Crippen LogP contribution in [0, 0.1) is 17.2 Å². The number of amides is 4. The molecule has 3 atom stereocenters. The summed E-state index contributed by atoms with van der Waals surface area (Å²) in [4.78, 5) is 69.0. The highest BCUT2D eigenvalue weighted by atomic mass is 32.2. The standard InChI is InChI=1S/C34H44N8O8S/c1-33(2,48)27-19-37-40-42(27)24-17-26(31(46)39-34(28(43)29(36)44)12-14-51(49,50)15-13-34)41(20-24)32(47)25(16-21-6-4-3-5-7-21)38-30(45)23-10-8-22(18-35)9-11-23/h8-11,19,21,24-26,48H,3-7,12-17,20H2,1-2H3,(H2,36,44)(H,38,45)(H,39,46)/t24-,25+,26-/m0/s1. The molecular weight excluding hydrogens is 680 g/mol. The van der Waals surface area contributed by atoms with E-state index in [-0.39, 0.29) is 37.3 Å². The molecule has 1 aromatic carbocycles. The summed E-state index contributed by atoms with van der Waals surface area (Å²) < 4.78 is 26.0. The number of rotatable bonds is 11. The Labute approximate surface area is 296 Å². The van der Waals surface area contributed by atoms with Gasteiger partial charge in [-0.05, 0) is 63.3 Å². The van der Waals surface area contributed by atoms with Crippen molar-refractivity contribution in [1.82, 2.24) is 30.5 Å². The van der Waals surface area contributed by atoms with Crippen molar-refractivity contribution in [2.24, 2.45) is 11.7 Å². The Bertz CT molecular complexity index is 1810. The van der Waals surface area contributed by atoms with E-state index in [1.807, 2.05) is 6.07 Å². The molecule has 0 bridgehead atoms. The van der Waals surface area contributed by atoms with Crippen LogP contribution >= 0.6 is 0 Å². The van der Waals surface area contributed by atoms with E-state index < -0.39 is 80.0 Å². The number of hydrogen-bond acceptors (Lipinski definition) is 11. The molecule has 0 spiro atoms. The number of carbonyl (C=O) groups excluding carboxylic acids is 5. The minimum absolute atomic E-state index is 0.0388. The first kappa shape index (κ1) is 37.6. The molecule has 3 heterocycles. The van der Waals surface area contributed by atoms with Gasteiger partial charge in [0.05, 0.1) is 41.1 Å². The molecule has 0 unspecified atom stereocenters. The number of nitrogens with two attached hydrogens (primary N) is 1. The molecule has 3 fully saturated rings. The van der Waals surface area contributed by atoms with Gasteiger partial charge in [0.1, 0.15) is 23.2 Å². The number of nitriles is 1. The van der Waals surface area contributed by atoms with Crippen LogP contribution in [0.15, 0.2) is 30.5 Å². The van der Waals surface area contributed by atoms with Gasteiger partial charge in [0, 0.05) is 18.5 Å². The highest BCUT2D eigenvalue weighted by molar-refractivity contribution is 7.91. The molecule has 1 saturated carbocycles. The summed E-state index contributed by atoms with van der Waals surface area (Å²) in [5, 5.41) is 33.6. The SMILES string of the molecule is CC(C)(O)c1cnnn1[C@H]1C[C@@H](C(=O)NC2(C(=O)C(N)=O)CCS(=O)(=O)CC2)N(C(=O)[C@@H](CC2CCCCC2)NC(=O)c2ccc(C#N)cc2)C1. The van der Waals surface area contributed by atoms with Crippen molar-refractivity contribution in [2.45, 2.75) is 101 Å². The number of likely N-dealkylation sites (tertiary alicyclic amines) is 1. The van der Waals surface area contributed by atoms with Crippen molar-refractivity contribution < 1.29 is 37.5 Å². The molecule has 2 aromatic rings. The van der Waals surface area contributed by atoms with Crippen molar-refractivity contribution in [3.63, 3.8) is 0 Å². The van der Waals surface area contributed by atoms with E-state index in [0.717, 1.165) is 32.1 Å². The minimum Gasteiger partial charge on any atom is -0.384 e. The summed E-state index contributed by atoms with van der Waals surface area (Å²) >= 11 is 0. The Kier molecular flexibility index (Phi) is 11.0. The first-order valence-electron chi connectivity index (χ1n) is 17.1. The molecule has 0 radical (unpaired) electrons. The second-order valence-corrected chi connectivity index (χ2v) is 16.7.